The van der Waals surface area contributed by atoms with Crippen LogP contribution in [0.4, 0.5) is 16.3 Å². The van der Waals surface area contributed by atoms with Gasteiger partial charge < -0.3 is 20.5 Å². The van der Waals surface area contributed by atoms with E-state index in [9.17, 15) is 4.79 Å². The van der Waals surface area contributed by atoms with E-state index >= 15 is 0 Å². The van der Waals surface area contributed by atoms with Crippen LogP contribution in [-0.4, -0.2) is 56.7 Å². The highest BCUT2D eigenvalue weighted by molar-refractivity contribution is 5.89. The number of carbonyl (C=O) groups is 1. The molecule has 13 nitrogen and oxygen atoms in total. The second-order valence-electron chi connectivity index (χ2n) is 8.49. The van der Waals surface area contributed by atoms with Crippen molar-refractivity contribution in [1.82, 2.24) is 44.3 Å². The first-order valence-electron chi connectivity index (χ1n) is 11.7. The third kappa shape index (κ3) is 4.55. The number of aryl methyl sites for hydroxylation is 1. The van der Waals surface area contributed by atoms with Crippen LogP contribution in [0.25, 0.3) is 22.3 Å². The Hall–Kier alpha value is -5.46. The molecule has 13 heteroatoms. The Kier molecular flexibility index (Phi) is 5.76. The van der Waals surface area contributed by atoms with Crippen molar-refractivity contribution in [3.63, 3.8) is 0 Å². The van der Waals surface area contributed by atoms with Gasteiger partial charge in [0.15, 0.2) is 11.5 Å². The van der Waals surface area contributed by atoms with Gasteiger partial charge in [-0.05, 0) is 42.8 Å². The van der Waals surface area contributed by atoms with Crippen molar-refractivity contribution in [3.8, 4) is 22.6 Å². The Morgan fingerprint density at radius 1 is 1.03 bits per heavy atom. The minimum absolute atomic E-state index is 0.261. The molecule has 6 aromatic rings. The van der Waals surface area contributed by atoms with Crippen LogP contribution >= 0.6 is 0 Å². The van der Waals surface area contributed by atoms with Crippen LogP contribution in [0.1, 0.15) is 5.56 Å². The first-order valence-corrected chi connectivity index (χ1v) is 11.7. The number of carboxylic acid groups (broad SMARTS) is 1. The quantitative estimate of drug-likeness (QED) is 0.278. The van der Waals surface area contributed by atoms with Gasteiger partial charge in [-0.2, -0.15) is 15.3 Å². The molecular formula is C25H22N10O3. The lowest BCUT2D eigenvalue weighted by Gasteiger charge is -2.12. The molecule has 3 N–H and O–H groups in total. The van der Waals surface area contributed by atoms with E-state index in [-0.39, 0.29) is 6.54 Å². The molecule has 0 spiro atoms. The minimum Gasteiger partial charge on any atom is -0.465 e. The van der Waals surface area contributed by atoms with Crippen LogP contribution in [0.5, 0.6) is 11.5 Å². The van der Waals surface area contributed by atoms with E-state index in [2.05, 4.69) is 35.9 Å². The zero-order valence-electron chi connectivity index (χ0n) is 20.2. The number of nitrogens with one attached hydrogen (secondary N) is 2. The van der Waals surface area contributed by atoms with Gasteiger partial charge in [-0.15, -0.1) is 0 Å². The average Bonchev–Trinajstić information content (AvgIpc) is 3.65. The van der Waals surface area contributed by atoms with Gasteiger partial charge in [0.2, 0.25) is 0 Å². The van der Waals surface area contributed by atoms with E-state index in [1.807, 2.05) is 55.7 Å². The van der Waals surface area contributed by atoms with Crippen LogP contribution in [0.15, 0.2) is 73.8 Å². The first-order chi connectivity index (χ1) is 18.5. The molecule has 1 amide bonds. The van der Waals surface area contributed by atoms with Crippen molar-refractivity contribution in [2.24, 2.45) is 0 Å². The van der Waals surface area contributed by atoms with E-state index in [0.717, 1.165) is 33.6 Å². The van der Waals surface area contributed by atoms with Gasteiger partial charge in [0.1, 0.15) is 29.7 Å². The Bertz CT molecular complexity index is 1770. The maximum absolute atomic E-state index is 10.7. The zero-order valence-corrected chi connectivity index (χ0v) is 20.2. The third-order valence-corrected chi connectivity index (χ3v) is 5.93. The molecule has 0 saturated heterocycles. The predicted octanol–water partition coefficient (Wildman–Crippen LogP) is 3.75. The molecule has 1 aromatic carbocycles. The Morgan fingerprint density at radius 3 is 2.74 bits per heavy atom. The van der Waals surface area contributed by atoms with Gasteiger partial charge in [0.05, 0.1) is 12.7 Å². The molecule has 0 atom stereocenters. The molecule has 0 saturated carbocycles. The van der Waals surface area contributed by atoms with Crippen molar-refractivity contribution in [1.29, 1.82) is 0 Å². The molecular weight excluding hydrogens is 488 g/mol. The van der Waals surface area contributed by atoms with Crippen molar-refractivity contribution in [2.75, 3.05) is 11.9 Å². The summed E-state index contributed by atoms with van der Waals surface area (Å²) in [5.41, 5.74) is 5.03. The summed E-state index contributed by atoms with van der Waals surface area (Å²) in [4.78, 5) is 19.4. The fourth-order valence-corrected chi connectivity index (χ4v) is 4.15. The SMILES string of the molecule is Cc1cc(Nc2ncnn3ccc(-c4cnn(CCNC(=O)O)c4)c23)ccc1Oc1ccn2ncnc2c1. The van der Waals surface area contributed by atoms with Gasteiger partial charge in [-0.1, -0.05) is 0 Å². The summed E-state index contributed by atoms with van der Waals surface area (Å²) in [6.45, 7) is 2.65. The van der Waals surface area contributed by atoms with Crippen LogP contribution in [0.3, 0.4) is 0 Å². The summed E-state index contributed by atoms with van der Waals surface area (Å²) in [5, 5.41) is 27.3. The predicted molar refractivity (Wildman–Crippen MR) is 138 cm³/mol. The van der Waals surface area contributed by atoms with E-state index < -0.39 is 6.09 Å². The smallest absolute Gasteiger partial charge is 0.404 e. The average molecular weight is 511 g/mol. The van der Waals surface area contributed by atoms with Crippen molar-refractivity contribution < 1.29 is 14.6 Å². The van der Waals surface area contributed by atoms with Crippen molar-refractivity contribution >= 4 is 28.8 Å². The number of ether oxygens (including phenoxy) is 1. The molecule has 0 bridgehead atoms. The summed E-state index contributed by atoms with van der Waals surface area (Å²) in [7, 11) is 0. The summed E-state index contributed by atoms with van der Waals surface area (Å²) < 4.78 is 11.2. The highest BCUT2D eigenvalue weighted by Crippen LogP contribution is 2.32. The number of anilines is 2. The number of benzene rings is 1. The van der Waals surface area contributed by atoms with Crippen molar-refractivity contribution in [3.05, 3.63) is 79.4 Å². The Morgan fingerprint density at radius 2 is 1.87 bits per heavy atom. The molecule has 0 unspecified atom stereocenters. The monoisotopic (exact) mass is 510 g/mol. The third-order valence-electron chi connectivity index (χ3n) is 5.93. The molecule has 5 aromatic heterocycles. The van der Waals surface area contributed by atoms with Crippen LogP contribution in [-0.2, 0) is 6.54 Å². The number of hydrogen-bond donors (Lipinski definition) is 3. The molecule has 0 fully saturated rings. The zero-order chi connectivity index (χ0) is 26.1. The normalized spacial score (nSPS) is 11.2. The van der Waals surface area contributed by atoms with E-state index in [1.165, 1.54) is 12.7 Å². The molecule has 0 aliphatic rings. The van der Waals surface area contributed by atoms with Crippen molar-refractivity contribution in [2.45, 2.75) is 13.5 Å². The summed E-state index contributed by atoms with van der Waals surface area (Å²) in [5.74, 6) is 2.02. The van der Waals surface area contributed by atoms with Gasteiger partial charge in [-0.3, -0.25) is 4.68 Å². The fraction of sp³-hybridized carbons (Fsp3) is 0.120. The molecule has 0 aliphatic heterocycles. The maximum Gasteiger partial charge on any atom is 0.404 e. The fourth-order valence-electron chi connectivity index (χ4n) is 4.15. The molecule has 6 rings (SSSR count). The van der Waals surface area contributed by atoms with Gasteiger partial charge in [-0.25, -0.2) is 23.8 Å². The van der Waals surface area contributed by atoms with Gasteiger partial charge >= 0.3 is 6.09 Å². The largest absolute Gasteiger partial charge is 0.465 e. The van der Waals surface area contributed by atoms with Crippen LogP contribution < -0.4 is 15.4 Å². The number of fused-ring (bicyclic) bond motifs is 2. The van der Waals surface area contributed by atoms with E-state index in [4.69, 9.17) is 9.84 Å². The summed E-state index contributed by atoms with van der Waals surface area (Å²) in [6, 6.07) is 11.4. The lowest BCUT2D eigenvalue weighted by Crippen LogP contribution is -2.25. The molecule has 5 heterocycles. The number of pyridine rings is 1. The van der Waals surface area contributed by atoms with E-state index in [0.29, 0.717) is 23.8 Å². The van der Waals surface area contributed by atoms with Gasteiger partial charge in [0, 0.05) is 48.0 Å². The maximum atomic E-state index is 10.7. The van der Waals surface area contributed by atoms with Crippen LogP contribution in [0, 0.1) is 6.92 Å². The first kappa shape index (κ1) is 23.0. The minimum atomic E-state index is -1.06. The summed E-state index contributed by atoms with van der Waals surface area (Å²) in [6.07, 6.45) is 9.18. The Labute approximate surface area is 215 Å². The highest BCUT2D eigenvalue weighted by Gasteiger charge is 2.14. The highest BCUT2D eigenvalue weighted by atomic mass is 16.5. The number of amides is 1. The molecule has 0 radical (unpaired) electrons. The molecule has 38 heavy (non-hydrogen) atoms. The number of rotatable bonds is 8. The summed E-state index contributed by atoms with van der Waals surface area (Å²) >= 11 is 0. The number of nitrogens with zero attached hydrogens (tertiary/aromatic N) is 8. The number of aromatic nitrogens is 8. The molecule has 190 valence electrons. The topological polar surface area (TPSA) is 149 Å². The Balaban J connectivity index is 1.24. The van der Waals surface area contributed by atoms with E-state index in [1.54, 1.807) is 26.1 Å². The lowest BCUT2D eigenvalue weighted by atomic mass is 10.1. The van der Waals surface area contributed by atoms with Crippen LogP contribution in [0.2, 0.25) is 0 Å². The lowest BCUT2D eigenvalue weighted by molar-refractivity contribution is 0.194. The van der Waals surface area contributed by atoms with Gasteiger partial charge in [0.25, 0.3) is 0 Å². The molecule has 0 aliphatic carbocycles. The number of hydrogen-bond acceptors (Lipinski definition) is 8. The standard InChI is InChI=1S/C25H22N10O3/c1-16-10-18(2-3-21(16)38-19-4-7-34-22(11-19)27-14-30-34)32-24-23-20(5-8-35(23)31-15-28-24)17-12-29-33(13-17)9-6-26-25(36)37/h2-5,7-8,10-15,26H,6,9H2,1H3,(H,36,37)(H,28,31,32). The second kappa shape index (κ2) is 9.54. The second-order valence-corrected chi connectivity index (χ2v) is 8.49.